The number of rotatable bonds is 6. The molecule has 2 rings (SSSR count). The van der Waals surface area contributed by atoms with Crippen molar-refractivity contribution in [3.8, 4) is 0 Å². The fourth-order valence-corrected chi connectivity index (χ4v) is 3.30. The van der Waals surface area contributed by atoms with Crippen molar-refractivity contribution in [2.45, 2.75) is 31.9 Å². The second-order valence-electron chi connectivity index (χ2n) is 7.76. The smallest absolute Gasteiger partial charge is 0.253 e. The summed E-state index contributed by atoms with van der Waals surface area (Å²) in [6.45, 7) is 6.60. The summed E-state index contributed by atoms with van der Waals surface area (Å²) in [4.78, 5) is 25.5. The molecule has 0 bridgehead atoms. The van der Waals surface area contributed by atoms with Gasteiger partial charge in [0.05, 0.1) is 5.75 Å². The lowest BCUT2D eigenvalue weighted by Crippen LogP contribution is -2.21. The van der Waals surface area contributed by atoms with Crippen LogP contribution in [0, 0.1) is 0 Å². The molecule has 0 saturated heterocycles. The number of carbonyl (C=O) groups excluding carboxylic acids is 2. The Hall–Kier alpha value is -2.27. The van der Waals surface area contributed by atoms with E-state index in [4.69, 9.17) is 0 Å². The molecular weight excluding hydrogens is 356 g/mol. The largest absolute Gasteiger partial charge is 0.345 e. The van der Waals surface area contributed by atoms with Gasteiger partial charge in [-0.05, 0) is 40.8 Å². The lowest BCUT2D eigenvalue weighted by Gasteiger charge is -2.19. The van der Waals surface area contributed by atoms with Crippen LogP contribution in [0.15, 0.2) is 48.5 Å². The monoisotopic (exact) mass is 384 g/mol. The summed E-state index contributed by atoms with van der Waals surface area (Å²) in [6, 6.07) is 15.5. The molecule has 2 amide bonds. The first-order valence-electron chi connectivity index (χ1n) is 8.95. The first-order chi connectivity index (χ1) is 12.7. The average molecular weight is 385 g/mol. The van der Waals surface area contributed by atoms with Crippen LogP contribution < -0.4 is 5.32 Å². The fourth-order valence-electron chi connectivity index (χ4n) is 2.51. The van der Waals surface area contributed by atoms with E-state index in [1.54, 1.807) is 50.1 Å². The van der Waals surface area contributed by atoms with Gasteiger partial charge in [0.15, 0.2) is 0 Å². The fraction of sp³-hybridized carbons (Fsp3) is 0.364. The zero-order valence-electron chi connectivity index (χ0n) is 16.7. The Morgan fingerprint density at radius 1 is 0.963 bits per heavy atom. The number of benzene rings is 2. The first kappa shape index (κ1) is 21.0. The molecular formula is C22H28N2O2S. The number of hydrogen-bond acceptors (Lipinski definition) is 3. The Bertz CT molecular complexity index is 775. The summed E-state index contributed by atoms with van der Waals surface area (Å²) >= 11 is 1.59. The molecule has 5 heteroatoms. The van der Waals surface area contributed by atoms with Crippen molar-refractivity contribution in [1.82, 2.24) is 4.90 Å². The van der Waals surface area contributed by atoms with Gasteiger partial charge in [-0.25, -0.2) is 0 Å². The van der Waals surface area contributed by atoms with Crippen molar-refractivity contribution in [2.24, 2.45) is 0 Å². The minimum atomic E-state index is -0.0547. The van der Waals surface area contributed by atoms with Crippen LogP contribution in [0.5, 0.6) is 0 Å². The molecule has 0 aromatic heterocycles. The first-order valence-corrected chi connectivity index (χ1v) is 10.1. The van der Waals surface area contributed by atoms with E-state index in [-0.39, 0.29) is 17.2 Å². The molecule has 2 aromatic rings. The molecule has 0 atom stereocenters. The second kappa shape index (κ2) is 9.09. The topological polar surface area (TPSA) is 49.4 Å². The zero-order valence-corrected chi connectivity index (χ0v) is 17.5. The molecule has 0 aliphatic heterocycles. The second-order valence-corrected chi connectivity index (χ2v) is 8.75. The molecule has 0 spiro atoms. The van der Waals surface area contributed by atoms with Gasteiger partial charge in [0.1, 0.15) is 0 Å². The number of thioether (sulfide) groups is 1. The molecule has 4 nitrogen and oxygen atoms in total. The highest BCUT2D eigenvalue weighted by molar-refractivity contribution is 7.99. The SMILES string of the molecule is CN(C)C(=O)c1ccc(NC(=O)CSCc2ccc(C(C)(C)C)cc2)cc1. The van der Waals surface area contributed by atoms with E-state index >= 15 is 0 Å². The van der Waals surface area contributed by atoms with Crippen LogP contribution in [-0.2, 0) is 16.0 Å². The van der Waals surface area contributed by atoms with Crippen molar-refractivity contribution in [3.05, 3.63) is 65.2 Å². The Morgan fingerprint density at radius 2 is 1.56 bits per heavy atom. The molecule has 1 N–H and O–H groups in total. The van der Waals surface area contributed by atoms with Crippen LogP contribution in [-0.4, -0.2) is 36.6 Å². The number of anilines is 1. The van der Waals surface area contributed by atoms with Gasteiger partial charge in [0.2, 0.25) is 5.91 Å². The Balaban J connectivity index is 1.80. The van der Waals surface area contributed by atoms with Crippen LogP contribution >= 0.6 is 11.8 Å². The van der Waals surface area contributed by atoms with Crippen LogP contribution in [0.4, 0.5) is 5.69 Å². The highest BCUT2D eigenvalue weighted by Crippen LogP contribution is 2.23. The Morgan fingerprint density at radius 3 is 2.07 bits per heavy atom. The maximum Gasteiger partial charge on any atom is 0.253 e. The number of carbonyl (C=O) groups is 2. The predicted octanol–water partition coefficient (Wildman–Crippen LogP) is 4.56. The summed E-state index contributed by atoms with van der Waals surface area (Å²) in [5, 5.41) is 2.87. The summed E-state index contributed by atoms with van der Waals surface area (Å²) in [5.74, 6) is 1.09. The van der Waals surface area contributed by atoms with Gasteiger partial charge in [-0.3, -0.25) is 9.59 Å². The van der Waals surface area contributed by atoms with Crippen LogP contribution in [0.1, 0.15) is 42.3 Å². The lowest BCUT2D eigenvalue weighted by atomic mass is 9.87. The maximum atomic E-state index is 12.1. The number of hydrogen-bond donors (Lipinski definition) is 1. The Kier molecular flexibility index (Phi) is 7.08. The van der Waals surface area contributed by atoms with Gasteiger partial charge in [-0.1, -0.05) is 45.0 Å². The van der Waals surface area contributed by atoms with E-state index < -0.39 is 0 Å². The molecule has 27 heavy (non-hydrogen) atoms. The van der Waals surface area contributed by atoms with Gasteiger partial charge < -0.3 is 10.2 Å². The van der Waals surface area contributed by atoms with Crippen LogP contribution in [0.25, 0.3) is 0 Å². The van der Waals surface area contributed by atoms with E-state index in [1.165, 1.54) is 16.0 Å². The molecule has 144 valence electrons. The van der Waals surface area contributed by atoms with E-state index in [0.29, 0.717) is 17.0 Å². The summed E-state index contributed by atoms with van der Waals surface area (Å²) < 4.78 is 0. The number of amides is 2. The van der Waals surface area contributed by atoms with E-state index in [1.807, 2.05) is 0 Å². The Labute approximate surface area is 166 Å². The van der Waals surface area contributed by atoms with Crippen LogP contribution in [0.3, 0.4) is 0 Å². The lowest BCUT2D eigenvalue weighted by molar-refractivity contribution is -0.113. The summed E-state index contributed by atoms with van der Waals surface area (Å²) in [5.41, 5.74) is 3.98. The van der Waals surface area contributed by atoms with E-state index in [9.17, 15) is 9.59 Å². The van der Waals surface area contributed by atoms with Gasteiger partial charge in [0, 0.05) is 31.1 Å². The molecule has 0 saturated carbocycles. The van der Waals surface area contributed by atoms with Gasteiger partial charge >= 0.3 is 0 Å². The predicted molar refractivity (Wildman–Crippen MR) is 114 cm³/mol. The summed E-state index contributed by atoms with van der Waals surface area (Å²) in [6.07, 6.45) is 0. The standard InChI is InChI=1S/C22H28N2O2S/c1-22(2,3)18-10-6-16(7-11-18)14-27-15-20(25)23-19-12-8-17(9-13-19)21(26)24(4)5/h6-13H,14-15H2,1-5H3,(H,23,25). The molecule has 0 fully saturated rings. The van der Waals surface area contributed by atoms with Crippen molar-refractivity contribution in [1.29, 1.82) is 0 Å². The van der Waals surface area contributed by atoms with Crippen molar-refractivity contribution in [2.75, 3.05) is 25.2 Å². The average Bonchev–Trinajstić information content (AvgIpc) is 2.61. The van der Waals surface area contributed by atoms with E-state index in [0.717, 1.165) is 5.75 Å². The molecule has 0 aliphatic rings. The third-order valence-corrected chi connectivity index (χ3v) is 5.15. The van der Waals surface area contributed by atoms with Gasteiger partial charge in [0.25, 0.3) is 5.91 Å². The highest BCUT2D eigenvalue weighted by atomic mass is 32.2. The van der Waals surface area contributed by atoms with Crippen molar-refractivity contribution >= 4 is 29.3 Å². The minimum Gasteiger partial charge on any atom is -0.345 e. The molecule has 2 aromatic carbocycles. The molecule has 0 unspecified atom stereocenters. The minimum absolute atomic E-state index is 0.0435. The molecule has 0 aliphatic carbocycles. The third-order valence-electron chi connectivity index (χ3n) is 4.14. The normalized spacial score (nSPS) is 11.1. The van der Waals surface area contributed by atoms with E-state index in [2.05, 4.69) is 50.4 Å². The van der Waals surface area contributed by atoms with Crippen LogP contribution in [0.2, 0.25) is 0 Å². The quantitative estimate of drug-likeness (QED) is 0.794. The number of nitrogens with one attached hydrogen (secondary N) is 1. The number of nitrogens with zero attached hydrogens (tertiary/aromatic N) is 1. The van der Waals surface area contributed by atoms with Crippen molar-refractivity contribution < 1.29 is 9.59 Å². The highest BCUT2D eigenvalue weighted by Gasteiger charge is 2.13. The zero-order chi connectivity index (χ0) is 20.0. The van der Waals surface area contributed by atoms with Gasteiger partial charge in [-0.2, -0.15) is 0 Å². The molecule has 0 radical (unpaired) electrons. The van der Waals surface area contributed by atoms with Gasteiger partial charge in [-0.15, -0.1) is 11.8 Å². The third kappa shape index (κ3) is 6.43. The van der Waals surface area contributed by atoms with Crippen molar-refractivity contribution in [3.63, 3.8) is 0 Å². The summed E-state index contributed by atoms with van der Waals surface area (Å²) in [7, 11) is 3.43. The molecule has 0 heterocycles. The maximum absolute atomic E-state index is 12.1.